The van der Waals surface area contributed by atoms with Crippen molar-refractivity contribution in [2.24, 2.45) is 0 Å². The molecule has 2 aliphatic heterocycles. The van der Waals surface area contributed by atoms with E-state index in [4.69, 9.17) is 40.0 Å². The lowest BCUT2D eigenvalue weighted by Gasteiger charge is -2.19. The Morgan fingerprint density at radius 1 is 1.02 bits per heavy atom. The Kier molecular flexibility index (Phi) is 13.8. The largest absolute Gasteiger partial charge is 0.511 e. The van der Waals surface area contributed by atoms with E-state index in [0.717, 1.165) is 35.1 Å². The number of unbranched alkanes of at least 4 members (excludes halogenated alkanes) is 2. The lowest BCUT2D eigenvalue weighted by molar-refractivity contribution is -0.767. The summed E-state index contributed by atoms with van der Waals surface area (Å²) in [4.78, 5) is 45.8. The minimum Gasteiger partial charge on any atom is -0.426 e. The summed E-state index contributed by atoms with van der Waals surface area (Å²) in [6, 6.07) is 15.6. The van der Waals surface area contributed by atoms with Crippen LogP contribution in [0, 0.1) is 10.1 Å². The third-order valence-corrected chi connectivity index (χ3v) is 9.68. The van der Waals surface area contributed by atoms with Gasteiger partial charge in [-0.2, -0.15) is 5.21 Å². The summed E-state index contributed by atoms with van der Waals surface area (Å²) >= 11 is 6.55. The predicted octanol–water partition coefficient (Wildman–Crippen LogP) is 5.75. The summed E-state index contributed by atoms with van der Waals surface area (Å²) in [5, 5.41) is 24.1. The molecule has 2 saturated heterocycles. The molecule has 3 unspecified atom stereocenters. The molecule has 6 atom stereocenters. The van der Waals surface area contributed by atoms with E-state index < -0.39 is 47.9 Å². The molecule has 56 heavy (non-hydrogen) atoms. The molecule has 2 fully saturated rings. The average molecular weight is 798 g/mol. The normalized spacial score (nSPS) is 19.9. The summed E-state index contributed by atoms with van der Waals surface area (Å²) < 4.78 is 35.6. The first-order chi connectivity index (χ1) is 27.1. The first kappa shape index (κ1) is 40.5. The number of aromatic amines is 1. The van der Waals surface area contributed by atoms with Gasteiger partial charge in [-0.05, 0) is 54.5 Å². The topological polar surface area (TPSA) is 214 Å². The molecule has 0 bridgehead atoms. The second-order valence-corrected chi connectivity index (χ2v) is 13.8. The molecule has 300 valence electrons. The molecule has 2 aromatic carbocycles. The van der Waals surface area contributed by atoms with Gasteiger partial charge in [0.1, 0.15) is 30.2 Å². The summed E-state index contributed by atoms with van der Waals surface area (Å²) in [6.45, 7) is 6.08. The highest BCUT2D eigenvalue weighted by molar-refractivity contribution is 6.32. The van der Waals surface area contributed by atoms with Crippen LogP contribution in [0.1, 0.15) is 74.8 Å². The minimum atomic E-state index is -1.33. The molecule has 4 aromatic rings. The van der Waals surface area contributed by atoms with Crippen LogP contribution in [-0.2, 0) is 46.2 Å². The van der Waals surface area contributed by atoms with Crippen LogP contribution in [0.2, 0.25) is 5.15 Å². The summed E-state index contributed by atoms with van der Waals surface area (Å²) in [5.41, 5.74) is 3.61. The Balaban J connectivity index is 1.02. The van der Waals surface area contributed by atoms with E-state index in [1.807, 2.05) is 48.5 Å². The van der Waals surface area contributed by atoms with Gasteiger partial charge in [0.05, 0.1) is 13.2 Å². The number of carbonyl (C=O) groups is 2. The van der Waals surface area contributed by atoms with Gasteiger partial charge in [0.25, 0.3) is 5.09 Å². The number of aromatic nitrogens is 6. The number of rotatable bonds is 19. The third-order valence-electron chi connectivity index (χ3n) is 9.42. The highest BCUT2D eigenvalue weighted by Crippen LogP contribution is 2.32. The van der Waals surface area contributed by atoms with Crippen LogP contribution >= 0.6 is 11.6 Å². The van der Waals surface area contributed by atoms with Crippen molar-refractivity contribution in [2.75, 3.05) is 19.8 Å². The smallest absolute Gasteiger partial charge is 0.426 e. The summed E-state index contributed by atoms with van der Waals surface area (Å²) in [5.74, 6) is 0.284. The van der Waals surface area contributed by atoms with Crippen molar-refractivity contribution in [3.8, 4) is 22.5 Å². The number of tetrazole rings is 1. The fourth-order valence-corrected chi connectivity index (χ4v) is 6.97. The van der Waals surface area contributed by atoms with Crippen molar-refractivity contribution in [3.63, 3.8) is 0 Å². The maximum atomic E-state index is 13.6. The highest BCUT2D eigenvalue weighted by atomic mass is 35.5. The van der Waals surface area contributed by atoms with Crippen LogP contribution in [0.25, 0.3) is 22.5 Å². The van der Waals surface area contributed by atoms with Gasteiger partial charge in [-0.25, -0.2) is 14.6 Å². The lowest BCUT2D eigenvalue weighted by Crippen LogP contribution is -2.36. The number of hydrogen-bond donors (Lipinski definition) is 1. The SMILES string of the molecule is CCCCc1nc(Cl)c(C(=O)OC(C)OC(=O)O[C@@H]2COC3C2OC[C@H]3OCCCC[C@@H](C)O[N+](=O)[O-])n1Cc1ccc(-c2ccccc2-c2nn[nH]n2)cc1. The van der Waals surface area contributed by atoms with Crippen LogP contribution in [0.15, 0.2) is 48.5 Å². The predicted molar refractivity (Wildman–Crippen MR) is 197 cm³/mol. The Morgan fingerprint density at radius 2 is 1.75 bits per heavy atom. The van der Waals surface area contributed by atoms with Crippen molar-refractivity contribution in [1.29, 1.82) is 0 Å². The lowest BCUT2D eigenvalue weighted by atomic mass is 9.98. The molecule has 1 N–H and O–H groups in total. The molecule has 0 radical (unpaired) electrons. The average Bonchev–Trinajstić information content (AvgIpc) is 3.98. The number of carbonyl (C=O) groups excluding carboxylic acids is 2. The Labute approximate surface area is 327 Å². The number of hydrogen-bond acceptors (Lipinski definition) is 15. The number of ether oxygens (including phenoxy) is 6. The first-order valence-electron chi connectivity index (χ1n) is 18.5. The van der Waals surface area contributed by atoms with Crippen LogP contribution in [0.5, 0.6) is 0 Å². The van der Waals surface area contributed by atoms with Crippen molar-refractivity contribution < 1.29 is 47.9 Å². The molecule has 0 aliphatic carbocycles. The van der Waals surface area contributed by atoms with Crippen LogP contribution in [0.4, 0.5) is 4.79 Å². The Morgan fingerprint density at radius 3 is 2.46 bits per heavy atom. The van der Waals surface area contributed by atoms with E-state index in [2.05, 4.69) is 37.4 Å². The van der Waals surface area contributed by atoms with E-state index in [0.29, 0.717) is 43.9 Å². The monoisotopic (exact) mass is 797 g/mol. The number of H-pyrrole nitrogens is 1. The molecular formula is C37H44ClN7O11. The van der Waals surface area contributed by atoms with Crippen molar-refractivity contribution >= 4 is 23.7 Å². The quantitative estimate of drug-likeness (QED) is 0.0393. The van der Waals surface area contributed by atoms with Gasteiger partial charge in [-0.1, -0.05) is 73.5 Å². The van der Waals surface area contributed by atoms with Crippen LogP contribution in [0.3, 0.4) is 0 Å². The van der Waals surface area contributed by atoms with Gasteiger partial charge >= 0.3 is 12.1 Å². The minimum absolute atomic E-state index is 0.0238. The maximum Gasteiger partial charge on any atom is 0.511 e. The van der Waals surface area contributed by atoms with Crippen molar-refractivity contribution in [3.05, 3.63) is 80.9 Å². The Bertz CT molecular complexity index is 1930. The second kappa shape index (κ2) is 19.1. The van der Waals surface area contributed by atoms with Crippen LogP contribution in [-0.4, -0.2) is 104 Å². The van der Waals surface area contributed by atoms with E-state index in [-0.39, 0.29) is 36.7 Å². The summed E-state index contributed by atoms with van der Waals surface area (Å²) in [6.07, 6.45) is -0.859. The number of halogens is 1. The number of imidazole rings is 1. The standard InChI is InChI=1S/C37H44ClN7O11/c1-4-5-13-30-39-34(38)31(44(30)19-24-14-16-25(17-15-24)26-11-6-7-12-27(26)35-40-42-43-41-35)36(46)53-23(3)54-37(47)55-29-21-52-32-28(20-51-33(29)32)50-18-9-8-10-22(2)56-45(48)49/h6-7,11-12,14-17,22-23,28-29,32-33H,4-5,8-10,13,18-21H2,1-3H3,(H,40,41,42,43)/t22-,23?,28-,29-,32?,33?/m1/s1. The number of nitrogens with one attached hydrogen (secondary N) is 1. The van der Waals surface area contributed by atoms with Gasteiger partial charge in [-0.15, -0.1) is 20.3 Å². The van der Waals surface area contributed by atoms with Gasteiger partial charge in [0.2, 0.25) is 12.1 Å². The van der Waals surface area contributed by atoms with Crippen molar-refractivity contribution in [2.45, 2.75) is 103 Å². The molecule has 18 nitrogen and oxygen atoms in total. The van der Waals surface area contributed by atoms with E-state index in [1.54, 1.807) is 11.5 Å². The number of benzene rings is 2. The van der Waals surface area contributed by atoms with Gasteiger partial charge in [0.15, 0.2) is 17.0 Å². The molecule has 2 aliphatic rings. The maximum absolute atomic E-state index is 13.6. The zero-order chi connectivity index (χ0) is 39.6. The molecule has 0 spiro atoms. The highest BCUT2D eigenvalue weighted by Gasteiger charge is 2.50. The summed E-state index contributed by atoms with van der Waals surface area (Å²) in [7, 11) is 0. The van der Waals surface area contributed by atoms with Gasteiger partial charge in [0, 0.05) is 32.1 Å². The molecular weight excluding hydrogens is 754 g/mol. The van der Waals surface area contributed by atoms with E-state index in [1.165, 1.54) is 6.92 Å². The number of aryl methyl sites for hydroxylation is 1. The van der Waals surface area contributed by atoms with Gasteiger partial charge < -0.3 is 37.8 Å². The first-order valence-corrected chi connectivity index (χ1v) is 18.9. The zero-order valence-corrected chi connectivity index (χ0v) is 32.0. The molecule has 19 heteroatoms. The number of fused-ring (bicyclic) bond motifs is 1. The molecule has 0 amide bonds. The molecule has 0 saturated carbocycles. The molecule has 4 heterocycles. The van der Waals surface area contributed by atoms with E-state index >= 15 is 0 Å². The number of nitrogens with zero attached hydrogens (tertiary/aromatic N) is 6. The van der Waals surface area contributed by atoms with Crippen LogP contribution < -0.4 is 0 Å². The van der Waals surface area contributed by atoms with E-state index in [9.17, 15) is 19.7 Å². The Hall–Kier alpha value is -5.17. The van der Waals surface area contributed by atoms with Crippen molar-refractivity contribution in [1.82, 2.24) is 30.2 Å². The number of esters is 1. The second-order valence-electron chi connectivity index (χ2n) is 13.5. The molecule has 6 rings (SSSR count). The molecule has 2 aromatic heterocycles. The zero-order valence-electron chi connectivity index (χ0n) is 31.2. The van der Waals surface area contributed by atoms with Gasteiger partial charge in [-0.3, -0.25) is 0 Å². The fourth-order valence-electron chi connectivity index (χ4n) is 6.69. The third kappa shape index (κ3) is 10.2. The fraction of sp³-hybridized carbons (Fsp3) is 0.514.